The molecule has 12 heteroatoms. The molecule has 4 rings (SSSR count). The van der Waals surface area contributed by atoms with Gasteiger partial charge in [-0.1, -0.05) is 0 Å². The molecular formula is C26H36N10O2. The molecule has 0 radical (unpaired) electrons. The number of hydrogen-bond acceptors (Lipinski definition) is 9. The smallest absolute Gasteiger partial charge is 0.256 e. The number of aryl methyl sites for hydroxylation is 2. The van der Waals surface area contributed by atoms with Crippen LogP contribution >= 0.6 is 0 Å². The van der Waals surface area contributed by atoms with Gasteiger partial charge >= 0.3 is 0 Å². The van der Waals surface area contributed by atoms with Crippen molar-refractivity contribution in [3.8, 4) is 17.1 Å². The van der Waals surface area contributed by atoms with E-state index in [0.717, 1.165) is 54.3 Å². The Morgan fingerprint density at radius 2 is 2.00 bits per heavy atom. The maximum atomic E-state index is 13.2. The number of H-pyrrole nitrogens is 1. The van der Waals surface area contributed by atoms with Gasteiger partial charge in [-0.2, -0.15) is 0 Å². The quantitative estimate of drug-likeness (QED) is 0.367. The molecule has 1 aliphatic heterocycles. The Kier molecular flexibility index (Phi) is 8.23. The van der Waals surface area contributed by atoms with Crippen molar-refractivity contribution in [2.75, 3.05) is 45.7 Å². The van der Waals surface area contributed by atoms with Crippen molar-refractivity contribution < 1.29 is 9.53 Å². The minimum absolute atomic E-state index is 0.0878. The van der Waals surface area contributed by atoms with E-state index in [-0.39, 0.29) is 11.9 Å². The van der Waals surface area contributed by atoms with E-state index in [1.54, 1.807) is 30.4 Å². The molecule has 1 amide bonds. The van der Waals surface area contributed by atoms with E-state index in [2.05, 4.69) is 54.3 Å². The number of rotatable bonds is 9. The third kappa shape index (κ3) is 5.76. The van der Waals surface area contributed by atoms with Crippen LogP contribution in [0.4, 0.5) is 11.6 Å². The highest BCUT2D eigenvalue weighted by Crippen LogP contribution is 2.31. The fourth-order valence-corrected chi connectivity index (χ4v) is 4.48. The third-order valence-corrected chi connectivity index (χ3v) is 6.81. The van der Waals surface area contributed by atoms with Crippen LogP contribution in [0.2, 0.25) is 0 Å². The van der Waals surface area contributed by atoms with Crippen molar-refractivity contribution in [1.82, 2.24) is 39.8 Å². The molecule has 0 aromatic carbocycles. The van der Waals surface area contributed by atoms with Crippen molar-refractivity contribution in [3.05, 3.63) is 41.6 Å². The summed E-state index contributed by atoms with van der Waals surface area (Å²) >= 11 is 0. The average molecular weight is 521 g/mol. The molecule has 1 aliphatic rings. The summed E-state index contributed by atoms with van der Waals surface area (Å²) in [5, 5.41) is 10.5. The van der Waals surface area contributed by atoms with Crippen molar-refractivity contribution >= 4 is 30.0 Å². The lowest BCUT2D eigenvalue weighted by molar-refractivity contribution is -0.125. The minimum Gasteiger partial charge on any atom is -0.478 e. The van der Waals surface area contributed by atoms with Crippen LogP contribution in [0.15, 0.2) is 29.8 Å². The number of aromatic nitrogens is 5. The van der Waals surface area contributed by atoms with E-state index < -0.39 is 0 Å². The first kappa shape index (κ1) is 27.0. The summed E-state index contributed by atoms with van der Waals surface area (Å²) < 4.78 is 6.98. The van der Waals surface area contributed by atoms with Gasteiger partial charge in [-0.3, -0.25) is 19.4 Å². The maximum absolute atomic E-state index is 13.2. The molecule has 0 bridgehead atoms. The van der Waals surface area contributed by atoms with Crippen molar-refractivity contribution in [2.24, 2.45) is 12.0 Å². The largest absolute Gasteiger partial charge is 0.478 e. The molecule has 38 heavy (non-hydrogen) atoms. The van der Waals surface area contributed by atoms with Crippen LogP contribution in [0.1, 0.15) is 23.7 Å². The molecule has 1 saturated heterocycles. The summed E-state index contributed by atoms with van der Waals surface area (Å²) in [6.45, 7) is 13.1. The Morgan fingerprint density at radius 3 is 2.68 bits per heavy atom. The number of anilines is 2. The van der Waals surface area contributed by atoms with Crippen LogP contribution < -0.4 is 15.4 Å². The molecule has 202 valence electrons. The van der Waals surface area contributed by atoms with Crippen LogP contribution in [0, 0.1) is 13.8 Å². The molecule has 1 fully saturated rings. The zero-order valence-corrected chi connectivity index (χ0v) is 22.9. The van der Waals surface area contributed by atoms with E-state index in [0.29, 0.717) is 23.2 Å². The number of hydrogen-bond donors (Lipinski definition) is 3. The number of aliphatic imine (C=N–C) groups is 1. The summed E-state index contributed by atoms with van der Waals surface area (Å²) in [7, 11) is 5.47. The maximum Gasteiger partial charge on any atom is 0.256 e. The van der Waals surface area contributed by atoms with Gasteiger partial charge in [0, 0.05) is 51.2 Å². The van der Waals surface area contributed by atoms with Gasteiger partial charge in [0.25, 0.3) is 5.88 Å². The number of nitrogens with zero attached hydrogens (tertiary/aromatic N) is 7. The lowest BCUT2D eigenvalue weighted by atomic mass is 10.0. The Bertz CT molecular complexity index is 1330. The van der Waals surface area contributed by atoms with Gasteiger partial charge in [0.1, 0.15) is 5.69 Å². The lowest BCUT2D eigenvalue weighted by Gasteiger charge is -2.35. The van der Waals surface area contributed by atoms with Gasteiger partial charge < -0.3 is 25.3 Å². The Morgan fingerprint density at radius 1 is 1.26 bits per heavy atom. The predicted octanol–water partition coefficient (Wildman–Crippen LogP) is 2.33. The number of methoxy groups -OCH3 is 1. The van der Waals surface area contributed by atoms with E-state index in [1.165, 1.54) is 0 Å². The number of carbonyl (C=O) groups is 1. The standard InChI is InChI=1S/C26H36N10O2/c1-16-12-29-26(31-21-15-35(6)33-25(21)38-7)32-22(16)19-13-28-23(17(19)2)20(14-27-4)30-24(37)18(3)36-10-8-34(5)9-11-36/h12-15,18,28H,4,8-11H2,1-3,5-7H3,(H,30,37)(H,29,31,32)/b20-14+/t18-/m0/s1. The first-order valence-electron chi connectivity index (χ1n) is 12.5. The van der Waals surface area contributed by atoms with Crippen LogP contribution in [-0.2, 0) is 11.8 Å². The van der Waals surface area contributed by atoms with Gasteiger partial charge in [0.2, 0.25) is 11.9 Å². The molecule has 3 aromatic heterocycles. The Hall–Kier alpha value is -4.03. The first-order valence-corrected chi connectivity index (χ1v) is 12.5. The molecule has 4 heterocycles. The van der Waals surface area contributed by atoms with Gasteiger partial charge in [0.05, 0.1) is 42.6 Å². The molecule has 0 saturated carbocycles. The summed E-state index contributed by atoms with van der Waals surface area (Å²) in [6, 6.07) is -0.270. The SMILES string of the molecule is C=N/C=C(/NC(=O)[C@H](C)N1CCN(C)CC1)c1[nH]cc(-c2nc(Nc3cn(C)nc3OC)ncc2C)c1C. The van der Waals surface area contributed by atoms with Crippen LogP contribution in [0.5, 0.6) is 5.88 Å². The first-order chi connectivity index (χ1) is 18.2. The second kappa shape index (κ2) is 11.6. The molecule has 0 unspecified atom stereocenters. The number of aromatic amines is 1. The fourth-order valence-electron chi connectivity index (χ4n) is 4.48. The van der Waals surface area contributed by atoms with Crippen LogP contribution in [0.25, 0.3) is 17.0 Å². The molecule has 0 aliphatic carbocycles. The molecule has 12 nitrogen and oxygen atoms in total. The molecule has 0 spiro atoms. The number of amides is 1. The number of likely N-dealkylation sites (N-methyl/N-ethyl adjacent to an activating group) is 1. The van der Waals surface area contributed by atoms with Gasteiger partial charge in [-0.15, -0.1) is 5.10 Å². The van der Waals surface area contributed by atoms with Gasteiger partial charge in [-0.05, 0) is 45.7 Å². The number of ether oxygens (including phenoxy) is 1. The summed E-state index contributed by atoms with van der Waals surface area (Å²) in [6.07, 6.45) is 7.00. The second-order valence-electron chi connectivity index (χ2n) is 9.51. The van der Waals surface area contributed by atoms with Crippen LogP contribution in [-0.4, -0.2) is 93.5 Å². The summed E-state index contributed by atoms with van der Waals surface area (Å²) in [5.74, 6) is 0.776. The summed E-state index contributed by atoms with van der Waals surface area (Å²) in [5.41, 5.74) is 5.43. The van der Waals surface area contributed by atoms with E-state index in [9.17, 15) is 4.79 Å². The zero-order chi connectivity index (χ0) is 27.4. The third-order valence-electron chi connectivity index (χ3n) is 6.81. The highest BCUT2D eigenvalue weighted by atomic mass is 16.5. The Balaban J connectivity index is 1.57. The van der Waals surface area contributed by atoms with Gasteiger partial charge in [0.15, 0.2) is 0 Å². The number of piperazine rings is 1. The highest BCUT2D eigenvalue weighted by Gasteiger charge is 2.26. The average Bonchev–Trinajstić information content (AvgIpc) is 3.46. The van der Waals surface area contributed by atoms with Crippen molar-refractivity contribution in [1.29, 1.82) is 0 Å². The van der Waals surface area contributed by atoms with Crippen LogP contribution in [0.3, 0.4) is 0 Å². The lowest BCUT2D eigenvalue weighted by Crippen LogP contribution is -2.52. The zero-order valence-electron chi connectivity index (χ0n) is 22.9. The highest BCUT2D eigenvalue weighted by molar-refractivity contribution is 5.91. The second-order valence-corrected chi connectivity index (χ2v) is 9.51. The molecule has 3 N–H and O–H groups in total. The Labute approximate surface area is 222 Å². The molecule has 3 aromatic rings. The van der Waals surface area contributed by atoms with Gasteiger partial charge in [-0.25, -0.2) is 9.97 Å². The fraction of sp³-hybridized carbons (Fsp3) is 0.423. The monoisotopic (exact) mass is 520 g/mol. The number of nitrogens with one attached hydrogen (secondary N) is 3. The normalized spacial score (nSPS) is 15.8. The number of carbonyl (C=O) groups excluding carboxylic acids is 1. The topological polar surface area (TPSA) is 129 Å². The molecule has 1 atom stereocenters. The summed E-state index contributed by atoms with van der Waals surface area (Å²) in [4.78, 5) is 34.1. The minimum atomic E-state index is -0.270. The predicted molar refractivity (Wildman–Crippen MR) is 149 cm³/mol. The van der Waals surface area contributed by atoms with Crippen molar-refractivity contribution in [2.45, 2.75) is 26.8 Å². The van der Waals surface area contributed by atoms with E-state index in [1.807, 2.05) is 34.0 Å². The van der Waals surface area contributed by atoms with E-state index >= 15 is 0 Å². The van der Waals surface area contributed by atoms with E-state index in [4.69, 9.17) is 9.72 Å². The molecular weight excluding hydrogens is 484 g/mol. The van der Waals surface area contributed by atoms with Crippen molar-refractivity contribution in [3.63, 3.8) is 0 Å².